The third kappa shape index (κ3) is 3.05. The topological polar surface area (TPSA) is 0 Å². The van der Waals surface area contributed by atoms with Crippen LogP contribution >= 0.6 is 0 Å². The fourth-order valence-corrected chi connectivity index (χ4v) is 2.60. The molecule has 1 atom stereocenters. The molecule has 96 valence electrons. The van der Waals surface area contributed by atoms with Gasteiger partial charge in [0, 0.05) is 0 Å². The zero-order valence-electron chi connectivity index (χ0n) is 10.6. The second-order valence-electron chi connectivity index (χ2n) is 4.38. The van der Waals surface area contributed by atoms with Gasteiger partial charge in [-0.05, 0) is 23.6 Å². The Hall–Kier alpha value is -0.357. The van der Waals surface area contributed by atoms with E-state index in [1.54, 1.807) is 0 Å². The Morgan fingerprint density at radius 2 is 1.53 bits per heavy atom. The molecule has 2 aliphatic rings. The summed E-state index contributed by atoms with van der Waals surface area (Å²) in [5.74, 6) is 0. The van der Waals surface area contributed by atoms with Crippen LogP contribution in [0.25, 0.3) is 0 Å². The Morgan fingerprint density at radius 3 is 2.21 bits per heavy atom. The summed E-state index contributed by atoms with van der Waals surface area (Å²) in [5.41, 5.74) is 4.10. The molecule has 1 unspecified atom stereocenters. The molecule has 0 fully saturated rings. The molecule has 19 heavy (non-hydrogen) atoms. The summed E-state index contributed by atoms with van der Waals surface area (Å²) < 4.78 is 0. The smallest absolute Gasteiger partial charge is 1.00 e. The molecule has 1 aromatic carbocycles. The third-order valence-corrected chi connectivity index (χ3v) is 3.45. The number of rotatable bonds is 1. The summed E-state index contributed by atoms with van der Waals surface area (Å²) in [7, 11) is 0. The Morgan fingerprint density at radius 1 is 0.842 bits per heavy atom. The van der Waals surface area contributed by atoms with Crippen molar-refractivity contribution in [3.63, 3.8) is 0 Å². The summed E-state index contributed by atoms with van der Waals surface area (Å²) in [6.45, 7) is 2.18. The van der Waals surface area contributed by atoms with Gasteiger partial charge in [-0.15, -0.1) is 0 Å². The summed E-state index contributed by atoms with van der Waals surface area (Å²) in [5, 5.41) is 0. The normalized spacial score (nSPS) is 22.2. The minimum atomic E-state index is -0.0138. The van der Waals surface area contributed by atoms with Crippen molar-refractivity contribution in [2.75, 3.05) is 0 Å². The van der Waals surface area contributed by atoms with E-state index in [-0.39, 0.29) is 56.4 Å². The molecule has 0 bridgehead atoms. The molecular weight excluding hydrogens is 354 g/mol. The maximum Gasteiger partial charge on any atom is 2.00 e. The molecule has 0 radical (unpaired) electrons. The number of halogens is 2. The third-order valence-electron chi connectivity index (χ3n) is 3.45. The predicted octanol–water partition coefficient (Wildman–Crippen LogP) is -2.06. The average molecular weight is 368 g/mol. The van der Waals surface area contributed by atoms with E-state index in [4.69, 9.17) is 0 Å². The Balaban J connectivity index is 0.00000108. The van der Waals surface area contributed by atoms with E-state index in [0.29, 0.717) is 0 Å². The first-order valence-corrected chi connectivity index (χ1v) is 5.65. The first kappa shape index (κ1) is 18.6. The van der Waals surface area contributed by atoms with Gasteiger partial charge in [-0.25, -0.2) is 0 Å². The molecule has 3 heteroatoms. The molecule has 0 nitrogen and oxygen atoms in total. The van der Waals surface area contributed by atoms with Gasteiger partial charge in [0.1, 0.15) is 0 Å². The van der Waals surface area contributed by atoms with Crippen LogP contribution in [0.15, 0.2) is 77.9 Å². The van der Waals surface area contributed by atoms with Gasteiger partial charge in [0.05, 0.1) is 5.41 Å². The second-order valence-corrected chi connectivity index (χ2v) is 4.38. The van der Waals surface area contributed by atoms with Gasteiger partial charge in [-0.2, -0.15) is 0 Å². The quantitative estimate of drug-likeness (QED) is 0.535. The van der Waals surface area contributed by atoms with Crippen molar-refractivity contribution in [3.05, 3.63) is 83.5 Å². The van der Waals surface area contributed by atoms with Gasteiger partial charge < -0.3 is 24.8 Å². The predicted molar refractivity (Wildman–Crippen MR) is 68.2 cm³/mol. The molecule has 0 N–H and O–H groups in total. The van der Waals surface area contributed by atoms with Crippen LogP contribution in [0.2, 0.25) is 0 Å². The van der Waals surface area contributed by atoms with Crippen molar-refractivity contribution in [3.8, 4) is 0 Å². The van der Waals surface area contributed by atoms with E-state index in [1.807, 2.05) is 0 Å². The minimum Gasteiger partial charge on any atom is -1.00 e. The number of allylic oxidation sites excluding steroid dienone is 8. The molecular formula is C16H14Cl2Zr. The fourth-order valence-electron chi connectivity index (χ4n) is 2.60. The molecule has 0 aromatic heterocycles. The van der Waals surface area contributed by atoms with Gasteiger partial charge in [0.25, 0.3) is 0 Å². The van der Waals surface area contributed by atoms with Crippen LogP contribution in [0.1, 0.15) is 12.5 Å². The van der Waals surface area contributed by atoms with Crippen LogP contribution in [-0.4, -0.2) is 0 Å². The Labute approximate surface area is 146 Å². The van der Waals surface area contributed by atoms with E-state index in [2.05, 4.69) is 73.7 Å². The molecule has 2 aliphatic carbocycles. The number of benzene rings is 1. The Bertz CT molecular complexity index is 541. The number of hydrogen-bond acceptors (Lipinski definition) is 0. The zero-order valence-corrected chi connectivity index (χ0v) is 14.6. The summed E-state index contributed by atoms with van der Waals surface area (Å²) in [6, 6.07) is 10.7. The molecule has 3 rings (SSSR count). The molecule has 0 saturated carbocycles. The van der Waals surface area contributed by atoms with Gasteiger partial charge >= 0.3 is 26.2 Å². The average Bonchev–Trinajstić information content (AvgIpc) is 2.70. The minimum absolute atomic E-state index is 0. The van der Waals surface area contributed by atoms with Crippen LogP contribution in [0.3, 0.4) is 0 Å². The first-order valence-electron chi connectivity index (χ1n) is 5.65. The summed E-state index contributed by atoms with van der Waals surface area (Å²) in [6.07, 6.45) is 13.3. The van der Waals surface area contributed by atoms with Crippen molar-refractivity contribution in [1.82, 2.24) is 0 Å². The van der Waals surface area contributed by atoms with E-state index >= 15 is 0 Å². The van der Waals surface area contributed by atoms with E-state index in [0.717, 1.165) is 0 Å². The van der Waals surface area contributed by atoms with Crippen LogP contribution in [-0.2, 0) is 31.6 Å². The first-order chi connectivity index (χ1) is 7.83. The van der Waals surface area contributed by atoms with Crippen molar-refractivity contribution in [2.24, 2.45) is 0 Å². The Kier molecular flexibility index (Phi) is 7.29. The van der Waals surface area contributed by atoms with Crippen LogP contribution < -0.4 is 24.8 Å². The standard InChI is InChI=1S/C16H14.2ClH.Zr/c1-13-10-12-16(11-6-5-9-15(13)16)14-7-3-2-4-8-14;;;/h2-12H,1H3;2*1H;/q;;;+2/p-2. The molecule has 0 aliphatic heterocycles. The molecule has 0 heterocycles. The number of fused-ring (bicyclic) bond motifs is 1. The summed E-state index contributed by atoms with van der Waals surface area (Å²) in [4.78, 5) is 0. The second kappa shape index (κ2) is 7.43. The van der Waals surface area contributed by atoms with Gasteiger partial charge in [0.15, 0.2) is 0 Å². The zero-order chi connectivity index (χ0) is 11.0. The van der Waals surface area contributed by atoms with Crippen molar-refractivity contribution < 1.29 is 51.0 Å². The van der Waals surface area contributed by atoms with E-state index < -0.39 is 0 Å². The van der Waals surface area contributed by atoms with Crippen LogP contribution in [0.5, 0.6) is 0 Å². The SMILES string of the molecule is CC1=C2C=CC=CC2(c2ccccc2)C=C1.[Cl-].[Cl-].[Zr+2]. The largest absolute Gasteiger partial charge is 2.00 e. The maximum absolute atomic E-state index is 2.30. The van der Waals surface area contributed by atoms with E-state index in [1.165, 1.54) is 16.7 Å². The monoisotopic (exact) mass is 366 g/mol. The van der Waals surface area contributed by atoms with Crippen molar-refractivity contribution in [2.45, 2.75) is 12.3 Å². The van der Waals surface area contributed by atoms with Crippen LogP contribution in [0.4, 0.5) is 0 Å². The number of hydrogen-bond donors (Lipinski definition) is 0. The van der Waals surface area contributed by atoms with Crippen molar-refractivity contribution in [1.29, 1.82) is 0 Å². The molecule has 0 saturated heterocycles. The van der Waals surface area contributed by atoms with Gasteiger partial charge in [0.2, 0.25) is 0 Å². The molecule has 1 aromatic rings. The van der Waals surface area contributed by atoms with Crippen LogP contribution in [0, 0.1) is 0 Å². The molecule has 0 spiro atoms. The van der Waals surface area contributed by atoms with Crippen molar-refractivity contribution >= 4 is 0 Å². The van der Waals surface area contributed by atoms with E-state index in [9.17, 15) is 0 Å². The molecule has 0 amide bonds. The maximum atomic E-state index is 2.30. The fraction of sp³-hybridized carbons (Fsp3) is 0.125. The van der Waals surface area contributed by atoms with Gasteiger partial charge in [-0.3, -0.25) is 0 Å². The summed E-state index contributed by atoms with van der Waals surface area (Å²) >= 11 is 0. The van der Waals surface area contributed by atoms with Gasteiger partial charge in [-0.1, -0.05) is 66.8 Å².